The van der Waals surface area contributed by atoms with Crippen LogP contribution in [0, 0.1) is 0 Å². The van der Waals surface area contributed by atoms with E-state index in [1.165, 1.54) is 12.8 Å². The molecule has 130 valence electrons. The van der Waals surface area contributed by atoms with Crippen molar-refractivity contribution in [3.63, 3.8) is 0 Å². The summed E-state index contributed by atoms with van der Waals surface area (Å²) in [4.78, 5) is 4.39. The van der Waals surface area contributed by atoms with Gasteiger partial charge in [0.2, 0.25) is 0 Å². The van der Waals surface area contributed by atoms with Gasteiger partial charge in [0.1, 0.15) is 0 Å². The van der Waals surface area contributed by atoms with E-state index >= 15 is 0 Å². The Bertz CT molecular complexity index is 762. The molecule has 0 bridgehead atoms. The van der Waals surface area contributed by atoms with Gasteiger partial charge in [0.05, 0.1) is 24.6 Å². The van der Waals surface area contributed by atoms with Crippen LogP contribution in [-0.2, 0) is 0 Å². The molecule has 0 radical (unpaired) electrons. The second kappa shape index (κ2) is 8.38. The standard InChI is InChI=1S/C21H24N2O2/c1-24-20-14-6-8-16(21(20)25-17-10-2-3-11-17)9-7-15-23-19-13-5-4-12-18(19)22/h4-9,12-15,17H,2-3,10-11,22H2,1H3. The fourth-order valence-corrected chi connectivity index (χ4v) is 3.00. The average Bonchev–Trinajstić information content (AvgIpc) is 3.14. The maximum Gasteiger partial charge on any atom is 0.168 e. The Kier molecular flexibility index (Phi) is 5.73. The number of para-hydroxylation sites is 3. The molecule has 0 unspecified atom stereocenters. The molecule has 2 N–H and O–H groups in total. The van der Waals surface area contributed by atoms with Gasteiger partial charge in [-0.25, -0.2) is 0 Å². The molecule has 1 saturated carbocycles. The van der Waals surface area contributed by atoms with Crippen LogP contribution in [-0.4, -0.2) is 19.4 Å². The van der Waals surface area contributed by atoms with E-state index in [1.807, 2.05) is 54.6 Å². The number of aliphatic imine (C=N–C) groups is 1. The van der Waals surface area contributed by atoms with Gasteiger partial charge in [0, 0.05) is 11.8 Å². The zero-order chi connectivity index (χ0) is 17.5. The van der Waals surface area contributed by atoms with E-state index in [-0.39, 0.29) is 6.10 Å². The zero-order valence-corrected chi connectivity index (χ0v) is 14.5. The quantitative estimate of drug-likeness (QED) is 0.595. The third kappa shape index (κ3) is 4.41. The molecule has 25 heavy (non-hydrogen) atoms. The van der Waals surface area contributed by atoms with Crippen molar-refractivity contribution in [2.75, 3.05) is 12.8 Å². The van der Waals surface area contributed by atoms with Crippen molar-refractivity contribution in [2.24, 2.45) is 4.99 Å². The highest BCUT2D eigenvalue weighted by atomic mass is 16.5. The zero-order valence-electron chi connectivity index (χ0n) is 14.5. The Hall–Kier alpha value is -2.75. The van der Waals surface area contributed by atoms with Crippen LogP contribution < -0.4 is 15.2 Å². The van der Waals surface area contributed by atoms with E-state index in [1.54, 1.807) is 13.3 Å². The van der Waals surface area contributed by atoms with E-state index < -0.39 is 0 Å². The molecule has 0 heterocycles. The highest BCUT2D eigenvalue weighted by Crippen LogP contribution is 2.35. The molecule has 2 aromatic rings. The highest BCUT2D eigenvalue weighted by Gasteiger charge is 2.19. The van der Waals surface area contributed by atoms with Crippen LogP contribution >= 0.6 is 0 Å². The van der Waals surface area contributed by atoms with Crippen LogP contribution in [0.5, 0.6) is 11.5 Å². The summed E-state index contributed by atoms with van der Waals surface area (Å²) in [6.45, 7) is 0. The van der Waals surface area contributed by atoms with E-state index in [0.717, 1.165) is 35.6 Å². The predicted octanol–water partition coefficient (Wildman–Crippen LogP) is 5.01. The Morgan fingerprint density at radius 3 is 2.64 bits per heavy atom. The molecule has 3 rings (SSSR count). The number of nitrogens with zero attached hydrogens (tertiary/aromatic N) is 1. The molecule has 0 saturated heterocycles. The number of rotatable bonds is 6. The monoisotopic (exact) mass is 336 g/mol. The first-order chi connectivity index (χ1) is 12.3. The lowest BCUT2D eigenvalue weighted by molar-refractivity contribution is 0.200. The SMILES string of the molecule is COc1cccc(C=CC=Nc2ccccc2N)c1OC1CCCC1. The number of methoxy groups -OCH3 is 1. The van der Waals surface area contributed by atoms with E-state index in [4.69, 9.17) is 15.2 Å². The van der Waals surface area contributed by atoms with Crippen LogP contribution in [0.15, 0.2) is 53.5 Å². The fourth-order valence-electron chi connectivity index (χ4n) is 3.00. The average molecular weight is 336 g/mol. The van der Waals surface area contributed by atoms with Crippen molar-refractivity contribution in [1.29, 1.82) is 0 Å². The van der Waals surface area contributed by atoms with Gasteiger partial charge in [-0.05, 0) is 56.0 Å². The number of nitrogens with two attached hydrogens (primary N) is 1. The second-order valence-corrected chi connectivity index (χ2v) is 6.10. The Morgan fingerprint density at radius 1 is 1.08 bits per heavy atom. The Labute approximate surface area is 149 Å². The number of ether oxygens (including phenoxy) is 2. The lowest BCUT2D eigenvalue weighted by Crippen LogP contribution is -2.12. The summed E-state index contributed by atoms with van der Waals surface area (Å²) in [6.07, 6.45) is 10.6. The first kappa shape index (κ1) is 17.1. The number of hydrogen-bond acceptors (Lipinski definition) is 4. The summed E-state index contributed by atoms with van der Waals surface area (Å²) in [5.41, 5.74) is 8.31. The number of allylic oxidation sites excluding steroid dienone is 1. The number of nitrogen functional groups attached to an aromatic ring is 1. The Balaban J connectivity index is 1.77. The van der Waals surface area contributed by atoms with E-state index in [0.29, 0.717) is 5.69 Å². The summed E-state index contributed by atoms with van der Waals surface area (Å²) >= 11 is 0. The summed E-state index contributed by atoms with van der Waals surface area (Å²) in [5, 5.41) is 0. The molecule has 0 aliphatic heterocycles. The molecule has 1 fully saturated rings. The normalized spacial score (nSPS) is 15.2. The van der Waals surface area contributed by atoms with Gasteiger partial charge in [-0.15, -0.1) is 0 Å². The summed E-state index contributed by atoms with van der Waals surface area (Å²) in [6, 6.07) is 13.5. The largest absolute Gasteiger partial charge is 0.493 e. The number of hydrogen-bond donors (Lipinski definition) is 1. The van der Waals surface area contributed by atoms with Crippen molar-refractivity contribution >= 4 is 23.7 Å². The molecule has 4 heteroatoms. The van der Waals surface area contributed by atoms with Gasteiger partial charge in [0.15, 0.2) is 11.5 Å². The third-order valence-electron chi connectivity index (χ3n) is 4.33. The molecule has 1 aliphatic rings. The molecular weight excluding hydrogens is 312 g/mol. The molecule has 4 nitrogen and oxygen atoms in total. The van der Waals surface area contributed by atoms with Crippen LogP contribution in [0.4, 0.5) is 11.4 Å². The summed E-state index contributed by atoms with van der Waals surface area (Å²) < 4.78 is 11.7. The molecular formula is C21H24N2O2. The minimum absolute atomic E-state index is 0.279. The van der Waals surface area contributed by atoms with Crippen molar-refractivity contribution < 1.29 is 9.47 Å². The predicted molar refractivity (Wildman–Crippen MR) is 104 cm³/mol. The minimum atomic E-state index is 0.279. The van der Waals surface area contributed by atoms with Crippen molar-refractivity contribution in [3.8, 4) is 11.5 Å². The van der Waals surface area contributed by atoms with Crippen molar-refractivity contribution in [3.05, 3.63) is 54.1 Å². The smallest absolute Gasteiger partial charge is 0.168 e. The Morgan fingerprint density at radius 2 is 1.88 bits per heavy atom. The summed E-state index contributed by atoms with van der Waals surface area (Å²) in [5.74, 6) is 1.57. The van der Waals surface area contributed by atoms with Crippen molar-refractivity contribution in [2.45, 2.75) is 31.8 Å². The lowest BCUT2D eigenvalue weighted by Gasteiger charge is -2.17. The van der Waals surface area contributed by atoms with Gasteiger partial charge in [-0.2, -0.15) is 0 Å². The van der Waals surface area contributed by atoms with Crippen LogP contribution in [0.25, 0.3) is 6.08 Å². The van der Waals surface area contributed by atoms with E-state index in [2.05, 4.69) is 4.99 Å². The molecule has 1 aliphatic carbocycles. The van der Waals surface area contributed by atoms with Gasteiger partial charge >= 0.3 is 0 Å². The lowest BCUT2D eigenvalue weighted by atomic mass is 10.1. The summed E-state index contributed by atoms with van der Waals surface area (Å²) in [7, 11) is 1.67. The second-order valence-electron chi connectivity index (χ2n) is 6.10. The molecule has 0 amide bonds. The van der Waals surface area contributed by atoms with Crippen LogP contribution in [0.3, 0.4) is 0 Å². The van der Waals surface area contributed by atoms with Gasteiger partial charge in [-0.3, -0.25) is 4.99 Å². The van der Waals surface area contributed by atoms with Crippen LogP contribution in [0.2, 0.25) is 0 Å². The fraction of sp³-hybridized carbons (Fsp3) is 0.286. The van der Waals surface area contributed by atoms with Crippen molar-refractivity contribution in [1.82, 2.24) is 0 Å². The first-order valence-electron chi connectivity index (χ1n) is 8.67. The van der Waals surface area contributed by atoms with E-state index in [9.17, 15) is 0 Å². The van der Waals surface area contributed by atoms with Gasteiger partial charge in [0.25, 0.3) is 0 Å². The molecule has 2 aromatic carbocycles. The minimum Gasteiger partial charge on any atom is -0.493 e. The number of benzene rings is 2. The maximum absolute atomic E-state index is 6.22. The first-order valence-corrected chi connectivity index (χ1v) is 8.67. The topological polar surface area (TPSA) is 56.8 Å². The van der Waals surface area contributed by atoms with Crippen LogP contribution in [0.1, 0.15) is 31.2 Å². The third-order valence-corrected chi connectivity index (χ3v) is 4.33. The number of anilines is 1. The molecule has 0 atom stereocenters. The van der Waals surface area contributed by atoms with Gasteiger partial charge < -0.3 is 15.2 Å². The highest BCUT2D eigenvalue weighted by molar-refractivity contribution is 5.83. The van der Waals surface area contributed by atoms with Gasteiger partial charge in [-0.1, -0.05) is 24.3 Å². The molecule has 0 aromatic heterocycles. The maximum atomic E-state index is 6.22. The molecule has 0 spiro atoms.